The third kappa shape index (κ3) is 3.91. The normalized spacial score (nSPS) is 15.1. The maximum absolute atomic E-state index is 12.1. The van der Waals surface area contributed by atoms with Crippen LogP contribution in [0.15, 0.2) is 57.6 Å². The van der Waals surface area contributed by atoms with E-state index in [4.69, 9.17) is 14.2 Å². The Hall–Kier alpha value is -2.60. The molecule has 0 saturated carbocycles. The average molecular weight is 402 g/mol. The lowest BCUT2D eigenvalue weighted by molar-refractivity contribution is -0.129. The Morgan fingerprint density at radius 2 is 1.92 bits per heavy atom. The van der Waals surface area contributed by atoms with Crippen LogP contribution in [0.5, 0.6) is 11.5 Å². The summed E-state index contributed by atoms with van der Waals surface area (Å²) in [4.78, 5) is 16.4. The number of ether oxygens (including phenoxy) is 3. The van der Waals surface area contributed by atoms with Crippen molar-refractivity contribution in [2.75, 3.05) is 13.7 Å². The maximum atomic E-state index is 12.1. The Bertz CT molecular complexity index is 856. The number of methoxy groups -OCH3 is 1. The lowest BCUT2D eigenvalue weighted by Crippen LogP contribution is -2.05. The van der Waals surface area contributed by atoms with Crippen molar-refractivity contribution in [2.24, 2.45) is 4.99 Å². The minimum Gasteiger partial charge on any atom is -0.493 e. The molecule has 5 nitrogen and oxygen atoms in total. The number of esters is 1. The molecule has 0 aromatic heterocycles. The Morgan fingerprint density at radius 1 is 1.16 bits per heavy atom. The van der Waals surface area contributed by atoms with Crippen LogP contribution in [0.3, 0.4) is 0 Å². The molecule has 25 heavy (non-hydrogen) atoms. The monoisotopic (exact) mass is 401 g/mol. The SMILES string of the molecule is CCOc1ccc(/C=C2\N=C(c3ccc(Br)cc3)OC2=O)cc1OC. The number of carbonyl (C=O) groups is 1. The van der Waals surface area contributed by atoms with Crippen molar-refractivity contribution in [1.82, 2.24) is 0 Å². The van der Waals surface area contributed by atoms with E-state index in [-0.39, 0.29) is 5.70 Å². The number of halogens is 1. The second kappa shape index (κ2) is 7.53. The minimum absolute atomic E-state index is 0.240. The van der Waals surface area contributed by atoms with Gasteiger partial charge in [-0.3, -0.25) is 0 Å². The van der Waals surface area contributed by atoms with Crippen LogP contribution in [-0.4, -0.2) is 25.6 Å². The molecule has 2 aromatic rings. The molecule has 0 spiro atoms. The Labute approximate surface area is 154 Å². The van der Waals surface area contributed by atoms with Gasteiger partial charge in [-0.15, -0.1) is 0 Å². The summed E-state index contributed by atoms with van der Waals surface area (Å²) >= 11 is 3.37. The van der Waals surface area contributed by atoms with Gasteiger partial charge in [-0.05, 0) is 55.0 Å². The molecule has 1 heterocycles. The molecule has 0 amide bonds. The third-order valence-corrected chi connectivity index (χ3v) is 4.03. The Kier molecular flexibility index (Phi) is 5.19. The first kappa shape index (κ1) is 17.2. The number of hydrogen-bond acceptors (Lipinski definition) is 5. The second-order valence-electron chi connectivity index (χ2n) is 5.19. The quantitative estimate of drug-likeness (QED) is 0.556. The lowest BCUT2D eigenvalue weighted by atomic mass is 10.1. The molecule has 3 rings (SSSR count). The van der Waals surface area contributed by atoms with Crippen LogP contribution in [-0.2, 0) is 9.53 Å². The van der Waals surface area contributed by atoms with Crippen molar-refractivity contribution < 1.29 is 19.0 Å². The highest BCUT2D eigenvalue weighted by Crippen LogP contribution is 2.29. The summed E-state index contributed by atoms with van der Waals surface area (Å²) in [5.41, 5.74) is 1.75. The molecule has 0 N–H and O–H groups in total. The predicted octanol–water partition coefficient (Wildman–Crippen LogP) is 4.20. The Balaban J connectivity index is 1.90. The van der Waals surface area contributed by atoms with Gasteiger partial charge in [0.25, 0.3) is 0 Å². The summed E-state index contributed by atoms with van der Waals surface area (Å²) in [5, 5.41) is 0. The van der Waals surface area contributed by atoms with E-state index in [1.807, 2.05) is 37.3 Å². The summed E-state index contributed by atoms with van der Waals surface area (Å²) < 4.78 is 17.0. The van der Waals surface area contributed by atoms with Gasteiger partial charge in [0.05, 0.1) is 13.7 Å². The highest BCUT2D eigenvalue weighted by atomic mass is 79.9. The van der Waals surface area contributed by atoms with Gasteiger partial charge >= 0.3 is 5.97 Å². The molecule has 0 saturated heterocycles. The summed E-state index contributed by atoms with van der Waals surface area (Å²) in [6, 6.07) is 12.8. The second-order valence-corrected chi connectivity index (χ2v) is 6.10. The van der Waals surface area contributed by atoms with Crippen molar-refractivity contribution in [3.8, 4) is 11.5 Å². The fourth-order valence-electron chi connectivity index (χ4n) is 2.33. The minimum atomic E-state index is -0.481. The van der Waals surface area contributed by atoms with Gasteiger partial charge in [0.1, 0.15) is 0 Å². The number of benzene rings is 2. The van der Waals surface area contributed by atoms with E-state index in [1.165, 1.54) is 0 Å². The van der Waals surface area contributed by atoms with Crippen LogP contribution in [0.4, 0.5) is 0 Å². The van der Waals surface area contributed by atoms with E-state index in [0.29, 0.717) is 24.0 Å². The first-order valence-corrected chi connectivity index (χ1v) is 8.49. The number of rotatable bonds is 5. The standard InChI is InChI=1S/C19H16BrNO4/c1-3-24-16-9-4-12(11-17(16)23-2)10-15-19(22)25-18(21-15)13-5-7-14(20)8-6-13/h4-11H,3H2,1-2H3/b15-10-. The third-order valence-electron chi connectivity index (χ3n) is 3.50. The number of cyclic esters (lactones) is 1. The van der Waals surface area contributed by atoms with Crippen LogP contribution < -0.4 is 9.47 Å². The van der Waals surface area contributed by atoms with Crippen LogP contribution in [0, 0.1) is 0 Å². The summed E-state index contributed by atoms with van der Waals surface area (Å²) in [6.07, 6.45) is 1.66. The molecule has 2 aromatic carbocycles. The van der Waals surface area contributed by atoms with E-state index in [1.54, 1.807) is 25.3 Å². The zero-order valence-corrected chi connectivity index (χ0v) is 15.4. The summed E-state index contributed by atoms with van der Waals surface area (Å²) in [7, 11) is 1.57. The van der Waals surface area contributed by atoms with E-state index in [2.05, 4.69) is 20.9 Å². The van der Waals surface area contributed by atoms with Crippen molar-refractivity contribution in [3.63, 3.8) is 0 Å². The Morgan fingerprint density at radius 3 is 2.60 bits per heavy atom. The molecule has 0 radical (unpaired) electrons. The summed E-state index contributed by atoms with van der Waals surface area (Å²) in [6.45, 7) is 2.45. The molecule has 0 unspecified atom stereocenters. The molecule has 1 aliphatic rings. The van der Waals surface area contributed by atoms with Gasteiger partial charge in [-0.1, -0.05) is 22.0 Å². The molecule has 0 atom stereocenters. The van der Waals surface area contributed by atoms with Gasteiger partial charge in [0, 0.05) is 10.0 Å². The van der Waals surface area contributed by atoms with E-state index in [9.17, 15) is 4.79 Å². The van der Waals surface area contributed by atoms with Crippen molar-refractivity contribution in [2.45, 2.75) is 6.92 Å². The summed E-state index contributed by atoms with van der Waals surface area (Å²) in [5.74, 6) is 1.06. The fourth-order valence-corrected chi connectivity index (χ4v) is 2.60. The first-order valence-electron chi connectivity index (χ1n) is 7.70. The molecule has 128 valence electrons. The van der Waals surface area contributed by atoms with E-state index in [0.717, 1.165) is 15.6 Å². The topological polar surface area (TPSA) is 57.1 Å². The van der Waals surface area contributed by atoms with Gasteiger partial charge < -0.3 is 14.2 Å². The molecule has 6 heteroatoms. The zero-order chi connectivity index (χ0) is 17.8. The average Bonchev–Trinajstić information content (AvgIpc) is 2.97. The highest BCUT2D eigenvalue weighted by molar-refractivity contribution is 9.10. The van der Waals surface area contributed by atoms with Crippen LogP contribution in [0.2, 0.25) is 0 Å². The van der Waals surface area contributed by atoms with Crippen molar-refractivity contribution in [3.05, 3.63) is 63.8 Å². The molecule has 0 bridgehead atoms. The smallest absolute Gasteiger partial charge is 0.363 e. The highest BCUT2D eigenvalue weighted by Gasteiger charge is 2.24. The van der Waals surface area contributed by atoms with Crippen molar-refractivity contribution in [1.29, 1.82) is 0 Å². The predicted molar refractivity (Wildman–Crippen MR) is 98.9 cm³/mol. The first-order chi connectivity index (χ1) is 12.1. The van der Waals surface area contributed by atoms with Crippen LogP contribution in [0.1, 0.15) is 18.1 Å². The number of carbonyl (C=O) groups excluding carboxylic acids is 1. The van der Waals surface area contributed by atoms with E-state index >= 15 is 0 Å². The van der Waals surface area contributed by atoms with Crippen LogP contribution in [0.25, 0.3) is 6.08 Å². The number of nitrogens with zero attached hydrogens (tertiary/aromatic N) is 1. The molecular weight excluding hydrogens is 386 g/mol. The van der Waals surface area contributed by atoms with Gasteiger partial charge in [-0.2, -0.15) is 0 Å². The van der Waals surface area contributed by atoms with Crippen molar-refractivity contribution >= 4 is 33.9 Å². The lowest BCUT2D eigenvalue weighted by Gasteiger charge is -2.09. The maximum Gasteiger partial charge on any atom is 0.363 e. The van der Waals surface area contributed by atoms with Gasteiger partial charge in [0.15, 0.2) is 17.2 Å². The molecule has 0 aliphatic carbocycles. The fraction of sp³-hybridized carbons (Fsp3) is 0.158. The largest absolute Gasteiger partial charge is 0.493 e. The zero-order valence-electron chi connectivity index (χ0n) is 13.8. The molecule has 1 aliphatic heterocycles. The van der Waals surface area contributed by atoms with Gasteiger partial charge in [-0.25, -0.2) is 9.79 Å². The van der Waals surface area contributed by atoms with Crippen LogP contribution >= 0.6 is 15.9 Å². The van der Waals surface area contributed by atoms with E-state index < -0.39 is 5.97 Å². The van der Waals surface area contributed by atoms with Gasteiger partial charge in [0.2, 0.25) is 5.90 Å². The number of hydrogen-bond donors (Lipinski definition) is 0. The molecular formula is C19H16BrNO4. The number of aliphatic imine (C=N–C) groups is 1. The molecule has 0 fully saturated rings.